The van der Waals surface area contributed by atoms with Crippen LogP contribution in [0.2, 0.25) is 0 Å². The molecule has 1 aliphatic rings. The van der Waals surface area contributed by atoms with E-state index >= 15 is 0 Å². The van der Waals surface area contributed by atoms with Gasteiger partial charge in [0.2, 0.25) is 0 Å². The molecule has 0 aromatic heterocycles. The first-order chi connectivity index (χ1) is 8.15. The van der Waals surface area contributed by atoms with E-state index in [4.69, 9.17) is 4.74 Å². The zero-order chi connectivity index (χ0) is 12.3. The van der Waals surface area contributed by atoms with Crippen LogP contribution in [0.3, 0.4) is 0 Å². The first-order valence-electron chi connectivity index (χ1n) is 5.19. The average molecular weight is 241 g/mol. The third-order valence-corrected chi connectivity index (χ3v) is 2.39. The van der Waals surface area contributed by atoms with E-state index in [2.05, 4.69) is 5.43 Å². The summed E-state index contributed by atoms with van der Waals surface area (Å²) in [7, 11) is 0. The molecule has 6 nitrogen and oxygen atoms in total. The number of benzene rings is 1. The largest absolute Gasteiger partial charge is 0.379 e. The van der Waals surface area contributed by atoms with Gasteiger partial charge in [-0.3, -0.25) is 10.1 Å². The Kier molecular flexibility index (Phi) is 3.50. The quantitative estimate of drug-likeness (QED) is 0.639. The Balaban J connectivity index is 2.11. The van der Waals surface area contributed by atoms with Crippen LogP contribution in [0.5, 0.6) is 0 Å². The lowest BCUT2D eigenvalue weighted by atomic mass is 10.3. The van der Waals surface area contributed by atoms with E-state index in [0.717, 1.165) is 6.07 Å². The van der Waals surface area contributed by atoms with E-state index in [0.29, 0.717) is 32.0 Å². The highest BCUT2D eigenvalue weighted by molar-refractivity contribution is 5.50. The van der Waals surface area contributed by atoms with Gasteiger partial charge in [-0.15, -0.1) is 0 Å². The summed E-state index contributed by atoms with van der Waals surface area (Å²) in [5, 5.41) is 12.4. The van der Waals surface area contributed by atoms with Gasteiger partial charge in [-0.2, -0.15) is 0 Å². The second kappa shape index (κ2) is 5.07. The monoisotopic (exact) mass is 241 g/mol. The average Bonchev–Trinajstić information content (AvgIpc) is 2.29. The van der Waals surface area contributed by atoms with Crippen molar-refractivity contribution in [2.24, 2.45) is 0 Å². The van der Waals surface area contributed by atoms with Gasteiger partial charge < -0.3 is 10.2 Å². The first-order valence-corrected chi connectivity index (χ1v) is 5.19. The van der Waals surface area contributed by atoms with E-state index in [1.165, 1.54) is 12.1 Å². The third kappa shape index (κ3) is 3.11. The zero-order valence-corrected chi connectivity index (χ0v) is 9.06. The normalized spacial score (nSPS) is 16.8. The summed E-state index contributed by atoms with van der Waals surface area (Å²) < 4.78 is 18.3. The van der Waals surface area contributed by atoms with Gasteiger partial charge in [0.25, 0.3) is 5.69 Å². The number of nitrogens with one attached hydrogen (secondary N) is 1. The van der Waals surface area contributed by atoms with Crippen LogP contribution in [-0.2, 0) is 4.74 Å². The molecule has 2 rings (SSSR count). The first kappa shape index (κ1) is 11.7. The van der Waals surface area contributed by atoms with Crippen LogP contribution >= 0.6 is 0 Å². The molecule has 0 saturated carbocycles. The summed E-state index contributed by atoms with van der Waals surface area (Å²) >= 11 is 0. The molecule has 1 aromatic carbocycles. The molecule has 1 heterocycles. The molecule has 0 atom stereocenters. The van der Waals surface area contributed by atoms with Crippen LogP contribution < -0.4 is 5.43 Å². The van der Waals surface area contributed by atoms with Gasteiger partial charge in [-0.1, -0.05) is 0 Å². The number of nitro benzene ring substituents is 1. The maximum Gasteiger partial charge on any atom is 0.274 e. The molecule has 0 aliphatic carbocycles. The number of hydrogen-bond acceptors (Lipinski definition) is 5. The fraction of sp³-hybridized carbons (Fsp3) is 0.400. The van der Waals surface area contributed by atoms with Gasteiger partial charge in [0.15, 0.2) is 0 Å². The van der Waals surface area contributed by atoms with Gasteiger partial charge in [0.05, 0.1) is 29.9 Å². The second-order valence-corrected chi connectivity index (χ2v) is 3.67. The van der Waals surface area contributed by atoms with Crippen molar-refractivity contribution in [3.63, 3.8) is 0 Å². The van der Waals surface area contributed by atoms with Crippen molar-refractivity contribution in [3.8, 4) is 0 Å². The number of non-ortho nitro benzene ring substituents is 1. The molecule has 1 saturated heterocycles. The molecular formula is C10H12FN3O3. The molecular weight excluding hydrogens is 229 g/mol. The molecule has 0 amide bonds. The minimum Gasteiger partial charge on any atom is -0.379 e. The molecule has 92 valence electrons. The molecule has 7 heteroatoms. The number of rotatable bonds is 3. The number of halogens is 1. The van der Waals surface area contributed by atoms with Crippen molar-refractivity contribution in [3.05, 3.63) is 34.1 Å². The lowest BCUT2D eigenvalue weighted by Crippen LogP contribution is -2.40. The zero-order valence-electron chi connectivity index (χ0n) is 9.06. The number of morpholine rings is 1. The van der Waals surface area contributed by atoms with Crippen molar-refractivity contribution >= 4 is 11.4 Å². The Morgan fingerprint density at radius 3 is 2.71 bits per heavy atom. The van der Waals surface area contributed by atoms with Crippen molar-refractivity contribution in [1.29, 1.82) is 0 Å². The molecule has 0 radical (unpaired) electrons. The summed E-state index contributed by atoms with van der Waals surface area (Å²) in [6.07, 6.45) is 0. The second-order valence-electron chi connectivity index (χ2n) is 3.67. The van der Waals surface area contributed by atoms with Crippen LogP contribution in [0.4, 0.5) is 15.8 Å². The number of nitro groups is 1. The lowest BCUT2D eigenvalue weighted by Gasteiger charge is -2.27. The Morgan fingerprint density at radius 1 is 1.35 bits per heavy atom. The van der Waals surface area contributed by atoms with Crippen LogP contribution in [0.1, 0.15) is 0 Å². The van der Waals surface area contributed by atoms with Crippen LogP contribution in [0, 0.1) is 15.9 Å². The summed E-state index contributed by atoms with van der Waals surface area (Å²) in [5.41, 5.74) is 3.04. The van der Waals surface area contributed by atoms with Crippen LogP contribution in [0.15, 0.2) is 18.2 Å². The Hall–Kier alpha value is -1.73. The van der Waals surface area contributed by atoms with E-state index in [1.807, 2.05) is 5.01 Å². The highest BCUT2D eigenvalue weighted by Gasteiger charge is 2.13. The lowest BCUT2D eigenvalue weighted by molar-refractivity contribution is -0.385. The number of ether oxygens (including phenoxy) is 1. The van der Waals surface area contributed by atoms with E-state index < -0.39 is 10.7 Å². The summed E-state index contributed by atoms with van der Waals surface area (Å²) in [5.74, 6) is -0.630. The van der Waals surface area contributed by atoms with Crippen LogP contribution in [0.25, 0.3) is 0 Å². The number of hydrogen-bond donors (Lipinski definition) is 1. The molecule has 1 aliphatic heterocycles. The fourth-order valence-electron chi connectivity index (χ4n) is 1.60. The maximum absolute atomic E-state index is 13.2. The topological polar surface area (TPSA) is 67.6 Å². The van der Waals surface area contributed by atoms with E-state index in [1.54, 1.807) is 0 Å². The summed E-state index contributed by atoms with van der Waals surface area (Å²) in [4.78, 5) is 9.96. The van der Waals surface area contributed by atoms with Gasteiger partial charge in [0.1, 0.15) is 5.82 Å². The fourth-order valence-corrected chi connectivity index (χ4v) is 1.60. The molecule has 1 N–H and O–H groups in total. The highest BCUT2D eigenvalue weighted by Crippen LogP contribution is 2.20. The van der Waals surface area contributed by atoms with Crippen molar-refractivity contribution < 1.29 is 14.1 Å². The Bertz CT molecular complexity index is 421. The van der Waals surface area contributed by atoms with Crippen molar-refractivity contribution in [2.75, 3.05) is 31.7 Å². The smallest absolute Gasteiger partial charge is 0.274 e. The predicted molar refractivity (Wildman–Crippen MR) is 59.1 cm³/mol. The third-order valence-electron chi connectivity index (χ3n) is 2.39. The number of anilines is 1. The maximum atomic E-state index is 13.2. The molecule has 0 unspecified atom stereocenters. The standard InChI is InChI=1S/C10H12FN3O3/c11-8-5-9(7-10(6-8)14(15)16)12-13-1-3-17-4-2-13/h5-7,12H,1-4H2. The Labute approximate surface area is 97.1 Å². The molecule has 0 spiro atoms. The van der Waals surface area contributed by atoms with Gasteiger partial charge in [-0.05, 0) is 6.07 Å². The molecule has 17 heavy (non-hydrogen) atoms. The van der Waals surface area contributed by atoms with Gasteiger partial charge in [-0.25, -0.2) is 9.40 Å². The Morgan fingerprint density at radius 2 is 2.06 bits per heavy atom. The SMILES string of the molecule is O=[N+]([O-])c1cc(F)cc(NN2CCOCC2)c1. The van der Waals surface area contributed by atoms with Crippen LogP contribution in [-0.4, -0.2) is 36.2 Å². The van der Waals surface area contributed by atoms with E-state index in [9.17, 15) is 14.5 Å². The van der Waals surface area contributed by atoms with Crippen molar-refractivity contribution in [2.45, 2.75) is 0 Å². The molecule has 1 aromatic rings. The van der Waals surface area contributed by atoms with Crippen molar-refractivity contribution in [1.82, 2.24) is 5.01 Å². The van der Waals surface area contributed by atoms with Gasteiger partial charge >= 0.3 is 0 Å². The van der Waals surface area contributed by atoms with Gasteiger partial charge in [0, 0.05) is 19.2 Å². The minimum absolute atomic E-state index is 0.263. The highest BCUT2D eigenvalue weighted by atomic mass is 19.1. The predicted octanol–water partition coefficient (Wildman–Crippen LogP) is 1.39. The summed E-state index contributed by atoms with van der Waals surface area (Å²) in [6.45, 7) is 2.49. The summed E-state index contributed by atoms with van der Waals surface area (Å²) in [6, 6.07) is 3.42. The number of nitrogens with zero attached hydrogens (tertiary/aromatic N) is 2. The molecule has 1 fully saturated rings. The number of hydrazine groups is 1. The minimum atomic E-state index is -0.630. The van der Waals surface area contributed by atoms with E-state index in [-0.39, 0.29) is 5.69 Å². The molecule has 0 bridgehead atoms.